The normalized spacial score (nSPS) is 16.8. The molecule has 0 saturated heterocycles. The first-order chi connectivity index (χ1) is 7.56. The summed E-state index contributed by atoms with van der Waals surface area (Å²) in [5.41, 5.74) is 7.21. The summed E-state index contributed by atoms with van der Waals surface area (Å²) in [6, 6.07) is 8.16. The maximum absolute atomic E-state index is 9.23. The molecule has 2 atom stereocenters. The molecule has 0 amide bonds. The van der Waals surface area contributed by atoms with E-state index in [2.05, 4.69) is 35.8 Å². The smallest absolute Gasteiger partial charge is 0.0440 e. The number of benzene rings is 1. The van der Waals surface area contributed by atoms with Crippen LogP contribution in [0.1, 0.15) is 32.3 Å². The van der Waals surface area contributed by atoms with Crippen molar-refractivity contribution in [3.05, 3.63) is 34.3 Å². The number of aliphatic hydroxyl groups is 1. The quantitative estimate of drug-likeness (QED) is 0.874. The van der Waals surface area contributed by atoms with Gasteiger partial charge in [0.25, 0.3) is 0 Å². The van der Waals surface area contributed by atoms with E-state index in [0.717, 1.165) is 10.9 Å². The maximum atomic E-state index is 9.23. The average Bonchev–Trinajstić information content (AvgIpc) is 2.28. The highest BCUT2D eigenvalue weighted by molar-refractivity contribution is 9.10. The summed E-state index contributed by atoms with van der Waals surface area (Å²) < 4.78 is 1.06. The molecule has 3 heteroatoms. The van der Waals surface area contributed by atoms with Crippen molar-refractivity contribution in [2.45, 2.75) is 38.1 Å². The second kappa shape index (κ2) is 5.80. The van der Waals surface area contributed by atoms with Crippen LogP contribution in [0.2, 0.25) is 0 Å². The first-order valence-electron chi connectivity index (χ1n) is 5.67. The van der Waals surface area contributed by atoms with E-state index >= 15 is 0 Å². The lowest BCUT2D eigenvalue weighted by molar-refractivity contribution is 0.222. The Labute approximate surface area is 106 Å². The Kier molecular flexibility index (Phi) is 4.96. The van der Waals surface area contributed by atoms with E-state index in [0.29, 0.717) is 6.42 Å². The summed E-state index contributed by atoms with van der Waals surface area (Å²) in [6.07, 6.45) is 1.59. The van der Waals surface area contributed by atoms with Gasteiger partial charge in [0.15, 0.2) is 0 Å². The molecule has 16 heavy (non-hydrogen) atoms. The summed E-state index contributed by atoms with van der Waals surface area (Å²) >= 11 is 3.56. The third-order valence-corrected chi connectivity index (χ3v) is 4.07. The number of halogens is 1. The number of rotatable bonds is 5. The van der Waals surface area contributed by atoms with Gasteiger partial charge in [-0.25, -0.2) is 0 Å². The largest absolute Gasteiger partial charge is 0.396 e. The Morgan fingerprint density at radius 3 is 2.56 bits per heavy atom. The van der Waals surface area contributed by atoms with Crippen molar-refractivity contribution >= 4 is 15.9 Å². The highest BCUT2D eigenvalue weighted by Gasteiger charge is 2.33. The van der Waals surface area contributed by atoms with Crippen molar-refractivity contribution in [1.29, 1.82) is 0 Å². The molecule has 2 unspecified atom stereocenters. The summed E-state index contributed by atoms with van der Waals surface area (Å²) in [5.74, 6) is 0. The molecule has 0 bridgehead atoms. The van der Waals surface area contributed by atoms with Crippen LogP contribution >= 0.6 is 15.9 Å². The van der Waals surface area contributed by atoms with Crippen molar-refractivity contribution in [2.75, 3.05) is 6.61 Å². The number of hydrogen-bond acceptors (Lipinski definition) is 2. The van der Waals surface area contributed by atoms with E-state index in [4.69, 9.17) is 5.73 Å². The fourth-order valence-corrected chi connectivity index (χ4v) is 2.86. The molecule has 0 aromatic heterocycles. The molecule has 0 fully saturated rings. The first-order valence-corrected chi connectivity index (χ1v) is 6.47. The molecule has 90 valence electrons. The molecule has 0 aliphatic rings. The summed E-state index contributed by atoms with van der Waals surface area (Å²) in [4.78, 5) is 0. The highest BCUT2D eigenvalue weighted by Crippen LogP contribution is 2.36. The van der Waals surface area contributed by atoms with Crippen LogP contribution in [0.4, 0.5) is 0 Å². The van der Waals surface area contributed by atoms with Crippen LogP contribution in [0, 0.1) is 0 Å². The van der Waals surface area contributed by atoms with Gasteiger partial charge >= 0.3 is 0 Å². The molecule has 1 aromatic carbocycles. The monoisotopic (exact) mass is 285 g/mol. The third kappa shape index (κ3) is 2.65. The fraction of sp³-hybridized carbons (Fsp3) is 0.538. The Morgan fingerprint density at radius 1 is 1.44 bits per heavy atom. The predicted molar refractivity (Wildman–Crippen MR) is 71.5 cm³/mol. The highest BCUT2D eigenvalue weighted by atomic mass is 79.9. The average molecular weight is 286 g/mol. The van der Waals surface area contributed by atoms with E-state index in [-0.39, 0.29) is 18.1 Å². The van der Waals surface area contributed by atoms with E-state index in [1.807, 2.05) is 18.2 Å². The van der Waals surface area contributed by atoms with Gasteiger partial charge in [0.05, 0.1) is 0 Å². The molecule has 0 spiro atoms. The zero-order valence-corrected chi connectivity index (χ0v) is 11.5. The van der Waals surface area contributed by atoms with Crippen LogP contribution in [-0.4, -0.2) is 17.8 Å². The summed E-state index contributed by atoms with van der Waals surface area (Å²) in [7, 11) is 0. The second-order valence-electron chi connectivity index (χ2n) is 4.39. The first kappa shape index (κ1) is 13.7. The minimum Gasteiger partial charge on any atom is -0.396 e. The van der Waals surface area contributed by atoms with Gasteiger partial charge in [0, 0.05) is 22.5 Å². The van der Waals surface area contributed by atoms with Gasteiger partial charge in [-0.3, -0.25) is 0 Å². The SMILES string of the molecule is CCC(N)C(C)(CCO)c1ccccc1Br. The van der Waals surface area contributed by atoms with E-state index < -0.39 is 0 Å². The molecule has 1 aromatic rings. The van der Waals surface area contributed by atoms with Gasteiger partial charge in [0.1, 0.15) is 0 Å². The Morgan fingerprint density at radius 2 is 2.06 bits per heavy atom. The predicted octanol–water partition coefficient (Wildman–Crippen LogP) is 2.83. The minimum atomic E-state index is -0.177. The minimum absolute atomic E-state index is 0.0540. The topological polar surface area (TPSA) is 46.2 Å². The summed E-state index contributed by atoms with van der Waals surface area (Å²) in [5, 5.41) is 9.23. The fourth-order valence-electron chi connectivity index (χ4n) is 2.13. The van der Waals surface area contributed by atoms with E-state index in [1.165, 1.54) is 5.56 Å². The van der Waals surface area contributed by atoms with E-state index in [1.54, 1.807) is 0 Å². The van der Waals surface area contributed by atoms with Crippen LogP contribution in [0.3, 0.4) is 0 Å². The summed E-state index contributed by atoms with van der Waals surface area (Å²) in [6.45, 7) is 4.36. The third-order valence-electron chi connectivity index (χ3n) is 3.38. The number of hydrogen-bond donors (Lipinski definition) is 2. The maximum Gasteiger partial charge on any atom is 0.0440 e. The molecule has 0 heterocycles. The van der Waals surface area contributed by atoms with E-state index in [9.17, 15) is 5.11 Å². The van der Waals surface area contributed by atoms with Crippen LogP contribution in [0.25, 0.3) is 0 Å². The zero-order valence-electron chi connectivity index (χ0n) is 9.91. The molecule has 0 saturated carbocycles. The number of aliphatic hydroxyl groups excluding tert-OH is 1. The van der Waals surface area contributed by atoms with Crippen LogP contribution in [0.15, 0.2) is 28.7 Å². The molecular formula is C13H20BrNO. The molecular weight excluding hydrogens is 266 g/mol. The van der Waals surface area contributed by atoms with Crippen LogP contribution < -0.4 is 5.73 Å². The zero-order chi connectivity index (χ0) is 12.2. The molecule has 2 nitrogen and oxygen atoms in total. The van der Waals surface area contributed by atoms with Crippen molar-refractivity contribution in [2.24, 2.45) is 5.73 Å². The lowest BCUT2D eigenvalue weighted by atomic mass is 9.73. The van der Waals surface area contributed by atoms with Gasteiger partial charge in [-0.2, -0.15) is 0 Å². The van der Waals surface area contributed by atoms with Crippen LogP contribution in [-0.2, 0) is 5.41 Å². The van der Waals surface area contributed by atoms with Gasteiger partial charge < -0.3 is 10.8 Å². The molecule has 1 rings (SSSR count). The lowest BCUT2D eigenvalue weighted by Crippen LogP contribution is -2.43. The van der Waals surface area contributed by atoms with Crippen molar-refractivity contribution in [3.63, 3.8) is 0 Å². The van der Waals surface area contributed by atoms with Gasteiger partial charge in [-0.1, -0.05) is 48.0 Å². The van der Waals surface area contributed by atoms with Crippen molar-refractivity contribution in [1.82, 2.24) is 0 Å². The van der Waals surface area contributed by atoms with Gasteiger partial charge in [-0.05, 0) is 24.5 Å². The molecule has 0 radical (unpaired) electrons. The second-order valence-corrected chi connectivity index (χ2v) is 5.24. The van der Waals surface area contributed by atoms with Gasteiger partial charge in [0.2, 0.25) is 0 Å². The molecule has 0 aliphatic carbocycles. The van der Waals surface area contributed by atoms with Crippen LogP contribution in [0.5, 0.6) is 0 Å². The Balaban J connectivity index is 3.16. The Bertz CT molecular complexity index is 342. The van der Waals surface area contributed by atoms with Gasteiger partial charge in [-0.15, -0.1) is 0 Å². The lowest BCUT2D eigenvalue weighted by Gasteiger charge is -2.36. The van der Waals surface area contributed by atoms with Crippen molar-refractivity contribution in [3.8, 4) is 0 Å². The van der Waals surface area contributed by atoms with Crippen molar-refractivity contribution < 1.29 is 5.11 Å². The number of nitrogens with two attached hydrogens (primary N) is 1. The molecule has 0 aliphatic heterocycles. The molecule has 3 N–H and O–H groups in total. The standard InChI is InChI=1S/C13H20BrNO/c1-3-12(15)13(2,8-9-16)10-6-4-5-7-11(10)14/h4-7,12,16H,3,8-9,15H2,1-2H3. The Hall–Kier alpha value is -0.380.